The number of hydrogen-bond donors (Lipinski definition) is 4. The molecule has 0 aliphatic rings. The standard InChI is InChI=1S/C12H19N5OS/c1-3-12(18,4-2)7-14-9-8-5-6-19-10(8)16-11(15-9)17-13/h5-6,18H,3-4,7,13H2,1-2H3,(H2,14,15,16,17). The molecule has 2 rings (SSSR count). The molecule has 0 bridgehead atoms. The van der Waals surface area contributed by atoms with Crippen molar-refractivity contribution in [2.45, 2.75) is 32.3 Å². The topological polar surface area (TPSA) is 96.1 Å². The van der Waals surface area contributed by atoms with Crippen LogP contribution in [-0.2, 0) is 0 Å². The van der Waals surface area contributed by atoms with E-state index in [2.05, 4.69) is 20.7 Å². The van der Waals surface area contributed by atoms with E-state index in [0.717, 1.165) is 10.2 Å². The molecule has 6 nitrogen and oxygen atoms in total. The van der Waals surface area contributed by atoms with Gasteiger partial charge in [0.25, 0.3) is 0 Å². The Bertz CT molecular complexity index is 552. The average Bonchev–Trinajstić information content (AvgIpc) is 2.92. The third kappa shape index (κ3) is 2.94. The fourth-order valence-corrected chi connectivity index (χ4v) is 2.57. The zero-order valence-corrected chi connectivity index (χ0v) is 11.9. The van der Waals surface area contributed by atoms with Gasteiger partial charge in [-0.25, -0.2) is 10.8 Å². The Balaban J connectivity index is 2.26. The highest BCUT2D eigenvalue weighted by Gasteiger charge is 2.22. The van der Waals surface area contributed by atoms with Gasteiger partial charge in [0.05, 0.1) is 11.0 Å². The Morgan fingerprint density at radius 3 is 2.74 bits per heavy atom. The minimum Gasteiger partial charge on any atom is -0.388 e. The summed E-state index contributed by atoms with van der Waals surface area (Å²) in [7, 11) is 0. The molecule has 0 atom stereocenters. The van der Waals surface area contributed by atoms with Crippen molar-refractivity contribution in [3.05, 3.63) is 11.4 Å². The van der Waals surface area contributed by atoms with Crippen LogP contribution in [0.4, 0.5) is 11.8 Å². The zero-order chi connectivity index (χ0) is 13.9. The monoisotopic (exact) mass is 281 g/mol. The van der Waals surface area contributed by atoms with Crippen LogP contribution < -0.4 is 16.6 Å². The van der Waals surface area contributed by atoms with E-state index in [9.17, 15) is 5.11 Å². The molecule has 104 valence electrons. The summed E-state index contributed by atoms with van der Waals surface area (Å²) in [6.07, 6.45) is 1.38. The number of anilines is 2. The first kappa shape index (κ1) is 14.0. The summed E-state index contributed by atoms with van der Waals surface area (Å²) in [5, 5.41) is 16.4. The molecule has 0 aliphatic carbocycles. The number of hydrogen-bond acceptors (Lipinski definition) is 7. The quantitative estimate of drug-likeness (QED) is 0.477. The number of nitrogen functional groups attached to an aromatic ring is 1. The Hall–Kier alpha value is -1.44. The molecule has 2 aromatic rings. The molecule has 0 unspecified atom stereocenters. The largest absolute Gasteiger partial charge is 0.388 e. The molecule has 0 aromatic carbocycles. The van der Waals surface area contributed by atoms with Crippen LogP contribution in [-0.4, -0.2) is 27.2 Å². The van der Waals surface area contributed by atoms with Gasteiger partial charge in [-0.15, -0.1) is 11.3 Å². The van der Waals surface area contributed by atoms with Gasteiger partial charge in [0, 0.05) is 6.54 Å². The van der Waals surface area contributed by atoms with E-state index in [-0.39, 0.29) is 0 Å². The average molecular weight is 281 g/mol. The van der Waals surface area contributed by atoms with Gasteiger partial charge in [-0.3, -0.25) is 5.43 Å². The predicted octanol–water partition coefficient (Wildman–Crippen LogP) is 1.94. The van der Waals surface area contributed by atoms with E-state index in [1.54, 1.807) is 0 Å². The molecule has 5 N–H and O–H groups in total. The fraction of sp³-hybridized carbons (Fsp3) is 0.500. The Morgan fingerprint density at radius 2 is 2.11 bits per heavy atom. The molecule has 0 saturated heterocycles. The predicted molar refractivity (Wildman–Crippen MR) is 79.2 cm³/mol. The van der Waals surface area contributed by atoms with Gasteiger partial charge in [-0.1, -0.05) is 13.8 Å². The van der Waals surface area contributed by atoms with Crippen molar-refractivity contribution in [1.82, 2.24) is 9.97 Å². The number of thiophene rings is 1. The van der Waals surface area contributed by atoms with Crippen molar-refractivity contribution >= 4 is 33.3 Å². The van der Waals surface area contributed by atoms with E-state index in [4.69, 9.17) is 5.84 Å². The number of aromatic nitrogens is 2. The van der Waals surface area contributed by atoms with Crippen LogP contribution in [0.1, 0.15) is 26.7 Å². The minimum atomic E-state index is -0.719. The molecular formula is C12H19N5OS. The molecular weight excluding hydrogens is 262 g/mol. The Kier molecular flexibility index (Phi) is 4.18. The maximum Gasteiger partial charge on any atom is 0.240 e. The van der Waals surface area contributed by atoms with Crippen LogP contribution in [0.25, 0.3) is 10.2 Å². The van der Waals surface area contributed by atoms with Gasteiger partial charge in [-0.05, 0) is 24.3 Å². The summed E-state index contributed by atoms with van der Waals surface area (Å²) >= 11 is 1.53. The smallest absolute Gasteiger partial charge is 0.240 e. The van der Waals surface area contributed by atoms with Crippen LogP contribution in [0.15, 0.2) is 11.4 Å². The van der Waals surface area contributed by atoms with Crippen molar-refractivity contribution in [1.29, 1.82) is 0 Å². The first-order valence-electron chi connectivity index (χ1n) is 6.30. The Labute approximate surface area is 116 Å². The second-order valence-electron chi connectivity index (χ2n) is 4.46. The number of rotatable bonds is 6. The van der Waals surface area contributed by atoms with Crippen molar-refractivity contribution < 1.29 is 5.11 Å². The molecule has 0 spiro atoms. The van der Waals surface area contributed by atoms with Gasteiger partial charge in [0.15, 0.2) is 0 Å². The lowest BCUT2D eigenvalue weighted by Gasteiger charge is -2.25. The fourth-order valence-electron chi connectivity index (χ4n) is 1.80. The van der Waals surface area contributed by atoms with E-state index >= 15 is 0 Å². The van der Waals surface area contributed by atoms with E-state index < -0.39 is 5.60 Å². The number of nitrogens with zero attached hydrogens (tertiary/aromatic N) is 2. The van der Waals surface area contributed by atoms with Crippen LogP contribution in [0, 0.1) is 0 Å². The maximum absolute atomic E-state index is 10.3. The summed E-state index contributed by atoms with van der Waals surface area (Å²) < 4.78 is 0. The molecule has 2 aromatic heterocycles. The third-order valence-electron chi connectivity index (χ3n) is 3.36. The number of hydrazine groups is 1. The number of nitrogens with two attached hydrogens (primary N) is 1. The molecule has 0 radical (unpaired) electrons. The molecule has 2 heterocycles. The zero-order valence-electron chi connectivity index (χ0n) is 11.1. The van der Waals surface area contributed by atoms with E-state index in [1.165, 1.54) is 11.3 Å². The van der Waals surface area contributed by atoms with Crippen LogP contribution in [0.2, 0.25) is 0 Å². The van der Waals surface area contributed by atoms with E-state index in [1.807, 2.05) is 25.3 Å². The molecule has 7 heteroatoms. The molecule has 0 saturated carbocycles. The first-order valence-corrected chi connectivity index (χ1v) is 7.18. The Morgan fingerprint density at radius 1 is 1.37 bits per heavy atom. The lowest BCUT2D eigenvalue weighted by atomic mass is 9.98. The molecule has 0 fully saturated rings. The third-order valence-corrected chi connectivity index (χ3v) is 4.16. The molecule has 0 amide bonds. The summed E-state index contributed by atoms with van der Waals surface area (Å²) in [5.41, 5.74) is 1.74. The SMILES string of the molecule is CCC(O)(CC)CNc1nc(NN)nc2sccc12. The van der Waals surface area contributed by atoms with E-state index in [0.29, 0.717) is 31.2 Å². The molecule has 0 aliphatic heterocycles. The highest BCUT2D eigenvalue weighted by molar-refractivity contribution is 7.16. The first-order chi connectivity index (χ1) is 9.11. The van der Waals surface area contributed by atoms with Gasteiger partial charge in [0.2, 0.25) is 5.95 Å². The lowest BCUT2D eigenvalue weighted by Crippen LogP contribution is -2.35. The van der Waals surface area contributed by atoms with Crippen LogP contribution >= 0.6 is 11.3 Å². The minimum absolute atomic E-state index is 0.369. The summed E-state index contributed by atoms with van der Waals surface area (Å²) in [5.74, 6) is 6.43. The van der Waals surface area contributed by atoms with Crippen molar-refractivity contribution in [2.75, 3.05) is 17.3 Å². The highest BCUT2D eigenvalue weighted by Crippen LogP contribution is 2.27. The lowest BCUT2D eigenvalue weighted by molar-refractivity contribution is 0.0456. The van der Waals surface area contributed by atoms with Crippen molar-refractivity contribution in [3.63, 3.8) is 0 Å². The van der Waals surface area contributed by atoms with Gasteiger partial charge in [0.1, 0.15) is 10.6 Å². The summed E-state index contributed by atoms with van der Waals surface area (Å²) in [6, 6.07) is 1.96. The maximum atomic E-state index is 10.3. The van der Waals surface area contributed by atoms with Gasteiger partial charge >= 0.3 is 0 Å². The normalized spacial score (nSPS) is 11.8. The van der Waals surface area contributed by atoms with Crippen LogP contribution in [0.3, 0.4) is 0 Å². The number of fused-ring (bicyclic) bond motifs is 1. The molecule has 19 heavy (non-hydrogen) atoms. The van der Waals surface area contributed by atoms with Crippen molar-refractivity contribution in [3.8, 4) is 0 Å². The van der Waals surface area contributed by atoms with Crippen molar-refractivity contribution in [2.24, 2.45) is 5.84 Å². The summed E-state index contributed by atoms with van der Waals surface area (Å²) in [4.78, 5) is 9.43. The van der Waals surface area contributed by atoms with Gasteiger partial charge in [-0.2, -0.15) is 4.98 Å². The second-order valence-corrected chi connectivity index (χ2v) is 5.36. The van der Waals surface area contributed by atoms with Crippen LogP contribution in [0.5, 0.6) is 0 Å². The number of aliphatic hydroxyl groups is 1. The van der Waals surface area contributed by atoms with Gasteiger partial charge < -0.3 is 10.4 Å². The summed E-state index contributed by atoms with van der Waals surface area (Å²) in [6.45, 7) is 4.39. The number of nitrogens with one attached hydrogen (secondary N) is 2. The highest BCUT2D eigenvalue weighted by atomic mass is 32.1. The second kappa shape index (κ2) is 5.68.